The zero-order chi connectivity index (χ0) is 14.6. The number of hydrogen-bond donors (Lipinski definition) is 1. The van der Waals surface area contributed by atoms with Crippen molar-refractivity contribution in [1.29, 1.82) is 0 Å². The molecule has 20 heavy (non-hydrogen) atoms. The van der Waals surface area contributed by atoms with Crippen molar-refractivity contribution in [2.24, 2.45) is 0 Å². The van der Waals surface area contributed by atoms with Gasteiger partial charge in [-0.1, -0.05) is 36.4 Å². The number of carbonyl (C=O) groups is 1. The van der Waals surface area contributed by atoms with Crippen LogP contribution in [0.3, 0.4) is 0 Å². The summed E-state index contributed by atoms with van der Waals surface area (Å²) in [6.07, 6.45) is 0.492. The Labute approximate surface area is 116 Å². The van der Waals surface area contributed by atoms with Crippen molar-refractivity contribution < 1.29 is 17.6 Å². The third-order valence-corrected chi connectivity index (χ3v) is 4.12. The van der Waals surface area contributed by atoms with Crippen LogP contribution >= 0.6 is 0 Å². The van der Waals surface area contributed by atoms with Crippen LogP contribution in [0.4, 0.5) is 4.39 Å². The van der Waals surface area contributed by atoms with Crippen LogP contribution in [0.1, 0.15) is 11.6 Å². The van der Waals surface area contributed by atoms with E-state index in [-0.39, 0.29) is 4.90 Å². The van der Waals surface area contributed by atoms with Crippen molar-refractivity contribution in [2.75, 3.05) is 0 Å². The van der Waals surface area contributed by atoms with E-state index in [0.29, 0.717) is 11.8 Å². The molecule has 0 unspecified atom stereocenters. The van der Waals surface area contributed by atoms with Gasteiger partial charge in [0, 0.05) is 0 Å². The number of benzene rings is 2. The Bertz CT molecular complexity index is 701. The Kier molecular flexibility index (Phi) is 4.26. The van der Waals surface area contributed by atoms with Gasteiger partial charge in [0.2, 0.25) is 10.0 Å². The molecule has 6 heteroatoms. The molecule has 0 aliphatic carbocycles. The predicted octanol–water partition coefficient (Wildman–Crippen LogP) is 2.04. The molecule has 0 amide bonds. The molecule has 0 spiro atoms. The van der Waals surface area contributed by atoms with E-state index in [1.807, 2.05) is 0 Å². The number of rotatable bonds is 5. The molecule has 0 radical (unpaired) electrons. The van der Waals surface area contributed by atoms with Gasteiger partial charge < -0.3 is 4.79 Å². The maximum atomic E-state index is 13.1. The van der Waals surface area contributed by atoms with E-state index in [4.69, 9.17) is 0 Å². The van der Waals surface area contributed by atoms with Gasteiger partial charge in [-0.15, -0.1) is 0 Å². The Morgan fingerprint density at radius 3 is 2.35 bits per heavy atom. The molecule has 104 valence electrons. The van der Waals surface area contributed by atoms with E-state index in [9.17, 15) is 17.6 Å². The second kappa shape index (κ2) is 5.94. The summed E-state index contributed by atoms with van der Waals surface area (Å²) >= 11 is 0. The molecule has 2 aromatic rings. The Morgan fingerprint density at radius 2 is 1.75 bits per heavy atom. The van der Waals surface area contributed by atoms with Gasteiger partial charge in [-0.3, -0.25) is 0 Å². The molecule has 0 heterocycles. The number of sulfonamides is 1. The number of carbonyl (C=O) groups excluding carboxylic acids is 1. The Hall–Kier alpha value is -2.05. The molecule has 0 saturated heterocycles. The van der Waals surface area contributed by atoms with E-state index in [0.717, 1.165) is 12.1 Å². The second-order valence-corrected chi connectivity index (χ2v) is 5.82. The molecule has 2 rings (SSSR count). The van der Waals surface area contributed by atoms with E-state index >= 15 is 0 Å². The van der Waals surface area contributed by atoms with Crippen molar-refractivity contribution in [3.05, 3.63) is 66.0 Å². The minimum Gasteiger partial charge on any atom is -0.301 e. The first-order chi connectivity index (χ1) is 9.53. The second-order valence-electron chi connectivity index (χ2n) is 4.10. The summed E-state index contributed by atoms with van der Waals surface area (Å²) in [5, 5.41) is 0. The van der Waals surface area contributed by atoms with Crippen molar-refractivity contribution in [3.63, 3.8) is 0 Å². The van der Waals surface area contributed by atoms with Crippen LogP contribution in [0.15, 0.2) is 59.5 Å². The highest BCUT2D eigenvalue weighted by Crippen LogP contribution is 2.16. The standard InChI is InChI=1S/C14H12FNO3S/c15-12-7-4-8-13(9-12)20(18,19)16-14(10-17)11-5-2-1-3-6-11/h1-10,14,16H/t14-/m1/s1. The number of hydrogen-bond acceptors (Lipinski definition) is 3. The summed E-state index contributed by atoms with van der Waals surface area (Å²) in [5.74, 6) is -0.657. The van der Waals surface area contributed by atoms with Gasteiger partial charge in [-0.25, -0.2) is 12.8 Å². The van der Waals surface area contributed by atoms with Gasteiger partial charge in [0.05, 0.1) is 4.90 Å². The third-order valence-electron chi connectivity index (χ3n) is 2.68. The molecule has 0 bridgehead atoms. The van der Waals surface area contributed by atoms with E-state index in [1.165, 1.54) is 12.1 Å². The first-order valence-corrected chi connectivity index (χ1v) is 7.29. The lowest BCUT2D eigenvalue weighted by molar-refractivity contribution is -0.109. The largest absolute Gasteiger partial charge is 0.301 e. The average Bonchev–Trinajstić information content (AvgIpc) is 2.46. The van der Waals surface area contributed by atoms with E-state index in [1.54, 1.807) is 30.3 Å². The molecule has 4 nitrogen and oxygen atoms in total. The maximum absolute atomic E-state index is 13.1. The molecule has 0 saturated carbocycles. The summed E-state index contributed by atoms with van der Waals surface area (Å²) in [7, 11) is -3.96. The van der Waals surface area contributed by atoms with Crippen molar-refractivity contribution in [1.82, 2.24) is 4.72 Å². The lowest BCUT2D eigenvalue weighted by Gasteiger charge is -2.13. The molecule has 2 aromatic carbocycles. The van der Waals surface area contributed by atoms with Crippen molar-refractivity contribution >= 4 is 16.3 Å². The molecule has 0 fully saturated rings. The first kappa shape index (κ1) is 14.4. The molecule has 0 aliphatic heterocycles. The fraction of sp³-hybridized carbons (Fsp3) is 0.0714. The molecular formula is C14H12FNO3S. The van der Waals surface area contributed by atoms with Crippen LogP contribution in [-0.4, -0.2) is 14.7 Å². The fourth-order valence-electron chi connectivity index (χ4n) is 1.70. The first-order valence-electron chi connectivity index (χ1n) is 5.81. The normalized spacial score (nSPS) is 12.8. The van der Waals surface area contributed by atoms with E-state index in [2.05, 4.69) is 4.72 Å². The summed E-state index contributed by atoms with van der Waals surface area (Å²) in [6, 6.07) is 12.0. The number of halogens is 1. The average molecular weight is 293 g/mol. The summed E-state index contributed by atoms with van der Waals surface area (Å²) in [6.45, 7) is 0. The van der Waals surface area contributed by atoms with Crippen LogP contribution < -0.4 is 4.72 Å². The fourth-order valence-corrected chi connectivity index (χ4v) is 2.89. The monoisotopic (exact) mass is 293 g/mol. The maximum Gasteiger partial charge on any atom is 0.241 e. The third kappa shape index (κ3) is 3.28. The van der Waals surface area contributed by atoms with Crippen LogP contribution in [0, 0.1) is 5.82 Å². The van der Waals surface area contributed by atoms with Crippen LogP contribution in [0.5, 0.6) is 0 Å². The van der Waals surface area contributed by atoms with Crippen molar-refractivity contribution in [3.8, 4) is 0 Å². The topological polar surface area (TPSA) is 63.2 Å². The van der Waals surface area contributed by atoms with Gasteiger partial charge in [0.1, 0.15) is 18.1 Å². The van der Waals surface area contributed by atoms with Gasteiger partial charge in [0.25, 0.3) is 0 Å². The van der Waals surface area contributed by atoms with Gasteiger partial charge >= 0.3 is 0 Å². The predicted molar refractivity (Wildman–Crippen MR) is 72.0 cm³/mol. The minimum atomic E-state index is -3.96. The van der Waals surface area contributed by atoms with Crippen LogP contribution in [-0.2, 0) is 14.8 Å². The summed E-state index contributed by atoms with van der Waals surface area (Å²) in [5.41, 5.74) is 0.516. The smallest absolute Gasteiger partial charge is 0.241 e. The van der Waals surface area contributed by atoms with Crippen LogP contribution in [0.2, 0.25) is 0 Å². The SMILES string of the molecule is O=C[C@@H](NS(=O)(=O)c1cccc(F)c1)c1ccccc1. The van der Waals surface area contributed by atoms with Crippen LogP contribution in [0.25, 0.3) is 0 Å². The quantitative estimate of drug-likeness (QED) is 0.858. The lowest BCUT2D eigenvalue weighted by atomic mass is 10.1. The van der Waals surface area contributed by atoms with E-state index < -0.39 is 21.9 Å². The molecular weight excluding hydrogens is 281 g/mol. The Morgan fingerprint density at radius 1 is 1.05 bits per heavy atom. The summed E-state index contributed by atoms with van der Waals surface area (Å²) < 4.78 is 39.5. The zero-order valence-electron chi connectivity index (χ0n) is 10.4. The molecule has 1 N–H and O–H groups in total. The zero-order valence-corrected chi connectivity index (χ0v) is 11.2. The highest BCUT2D eigenvalue weighted by Gasteiger charge is 2.21. The minimum absolute atomic E-state index is 0.222. The molecule has 0 aliphatic rings. The molecule has 0 aromatic heterocycles. The summed E-state index contributed by atoms with van der Waals surface area (Å²) in [4.78, 5) is 10.9. The highest BCUT2D eigenvalue weighted by molar-refractivity contribution is 7.89. The lowest BCUT2D eigenvalue weighted by Crippen LogP contribution is -2.29. The number of aldehydes is 1. The number of nitrogens with one attached hydrogen (secondary N) is 1. The highest BCUT2D eigenvalue weighted by atomic mass is 32.2. The van der Waals surface area contributed by atoms with Crippen molar-refractivity contribution in [2.45, 2.75) is 10.9 Å². The van der Waals surface area contributed by atoms with Gasteiger partial charge in [-0.05, 0) is 23.8 Å². The van der Waals surface area contributed by atoms with Gasteiger partial charge in [-0.2, -0.15) is 4.72 Å². The molecule has 1 atom stereocenters. The Balaban J connectivity index is 2.29. The van der Waals surface area contributed by atoms with Gasteiger partial charge in [0.15, 0.2) is 0 Å².